The quantitative estimate of drug-likeness (QED) is 0.750. The first kappa shape index (κ1) is 12.9. The molecule has 0 saturated carbocycles. The summed E-state index contributed by atoms with van der Waals surface area (Å²) >= 11 is 0. The minimum absolute atomic E-state index is 0.174. The molecule has 3 heteroatoms. The Hall–Kier alpha value is -0.590. The summed E-state index contributed by atoms with van der Waals surface area (Å²) in [6.45, 7) is 11.2. The van der Waals surface area contributed by atoms with E-state index in [0.717, 1.165) is 19.0 Å². The van der Waals surface area contributed by atoms with Crippen LogP contribution in [0.25, 0.3) is 0 Å². The smallest absolute Gasteiger partial charge is 0.0684 e. The molecule has 0 bridgehead atoms. The summed E-state index contributed by atoms with van der Waals surface area (Å²) in [6.07, 6.45) is 3.72. The Morgan fingerprint density at radius 1 is 1.35 bits per heavy atom. The zero-order chi connectivity index (χ0) is 12.5. The molecule has 2 aliphatic heterocycles. The molecule has 0 aliphatic carbocycles. The first-order valence-corrected chi connectivity index (χ1v) is 6.91. The Morgan fingerprint density at radius 3 is 2.82 bits per heavy atom. The molecule has 3 nitrogen and oxygen atoms in total. The normalized spacial score (nSPS) is 31.2. The van der Waals surface area contributed by atoms with Gasteiger partial charge in [0.05, 0.1) is 11.5 Å². The first-order valence-electron chi connectivity index (χ1n) is 6.91. The molecule has 2 unspecified atom stereocenters. The van der Waals surface area contributed by atoms with Gasteiger partial charge in [-0.15, -0.1) is 0 Å². The van der Waals surface area contributed by atoms with Crippen molar-refractivity contribution in [3.8, 4) is 6.07 Å². The van der Waals surface area contributed by atoms with E-state index in [1.807, 2.05) is 13.8 Å². The molecular formula is C14H25N3. The van der Waals surface area contributed by atoms with Crippen molar-refractivity contribution < 1.29 is 0 Å². The average molecular weight is 235 g/mol. The van der Waals surface area contributed by atoms with Gasteiger partial charge >= 0.3 is 0 Å². The van der Waals surface area contributed by atoms with E-state index in [1.54, 1.807) is 0 Å². The topological polar surface area (TPSA) is 30.3 Å². The number of fused-ring (bicyclic) bond motifs is 1. The van der Waals surface area contributed by atoms with Gasteiger partial charge in [-0.3, -0.25) is 9.80 Å². The number of nitrogens with zero attached hydrogens (tertiary/aromatic N) is 3. The minimum atomic E-state index is -0.174. The Bertz CT molecular complexity index is 305. The maximum absolute atomic E-state index is 9.06. The van der Waals surface area contributed by atoms with Crippen LogP contribution in [0.15, 0.2) is 0 Å². The predicted octanol–water partition coefficient (Wildman–Crippen LogP) is 2.09. The van der Waals surface area contributed by atoms with Crippen LogP contribution < -0.4 is 0 Å². The molecule has 2 atom stereocenters. The van der Waals surface area contributed by atoms with E-state index in [2.05, 4.69) is 22.8 Å². The highest BCUT2D eigenvalue weighted by molar-refractivity contribution is 4.95. The van der Waals surface area contributed by atoms with Gasteiger partial charge in [0.15, 0.2) is 0 Å². The van der Waals surface area contributed by atoms with Crippen LogP contribution in [0.4, 0.5) is 0 Å². The van der Waals surface area contributed by atoms with Gasteiger partial charge in [-0.1, -0.05) is 0 Å². The van der Waals surface area contributed by atoms with Crippen molar-refractivity contribution in [1.29, 1.82) is 5.26 Å². The number of rotatable bonds is 3. The lowest BCUT2D eigenvalue weighted by molar-refractivity contribution is 0.0540. The van der Waals surface area contributed by atoms with Crippen LogP contribution in [0.3, 0.4) is 0 Å². The third-order valence-electron chi connectivity index (χ3n) is 4.39. The summed E-state index contributed by atoms with van der Waals surface area (Å²) in [6, 6.07) is 3.84. The molecule has 0 aromatic rings. The monoisotopic (exact) mass is 235 g/mol. The van der Waals surface area contributed by atoms with Crippen molar-refractivity contribution in [3.63, 3.8) is 0 Å². The highest BCUT2D eigenvalue weighted by Crippen LogP contribution is 2.26. The Morgan fingerprint density at radius 2 is 2.12 bits per heavy atom. The van der Waals surface area contributed by atoms with Gasteiger partial charge in [0.1, 0.15) is 0 Å². The molecule has 2 heterocycles. The Labute approximate surface area is 105 Å². The molecular weight excluding hydrogens is 210 g/mol. The van der Waals surface area contributed by atoms with Gasteiger partial charge in [0, 0.05) is 31.7 Å². The predicted molar refractivity (Wildman–Crippen MR) is 69.6 cm³/mol. The maximum atomic E-state index is 9.06. The fourth-order valence-electron chi connectivity index (χ4n) is 3.04. The first-order chi connectivity index (χ1) is 8.02. The summed E-state index contributed by atoms with van der Waals surface area (Å²) in [4.78, 5) is 5.24. The molecule has 2 fully saturated rings. The zero-order valence-electron chi connectivity index (χ0n) is 11.4. The fraction of sp³-hybridized carbons (Fsp3) is 0.929. The molecule has 0 aromatic heterocycles. The standard InChI is InChI=1S/C14H25N3/c1-12-9-17-7-4-5-13(17)10-16(12)8-6-14(2,3)11-15/h12-13H,4-10H2,1-3H3. The molecule has 0 aromatic carbocycles. The molecule has 0 radical (unpaired) electrons. The van der Waals surface area contributed by atoms with Crippen molar-refractivity contribution in [1.82, 2.24) is 9.80 Å². The number of nitriles is 1. The highest BCUT2D eigenvalue weighted by atomic mass is 15.3. The summed E-state index contributed by atoms with van der Waals surface area (Å²) in [5.41, 5.74) is -0.174. The van der Waals surface area contributed by atoms with Crippen LogP contribution in [-0.2, 0) is 0 Å². The van der Waals surface area contributed by atoms with Gasteiger partial charge in [0.2, 0.25) is 0 Å². The van der Waals surface area contributed by atoms with Crippen LogP contribution in [0.2, 0.25) is 0 Å². The van der Waals surface area contributed by atoms with Crippen molar-refractivity contribution in [2.45, 2.75) is 52.1 Å². The second-order valence-corrected chi connectivity index (χ2v) is 6.38. The SMILES string of the molecule is CC1CN2CCCC2CN1CCC(C)(C)C#N. The molecule has 2 saturated heterocycles. The minimum Gasteiger partial charge on any atom is -0.298 e. The lowest BCUT2D eigenvalue weighted by Gasteiger charge is -2.42. The molecule has 2 rings (SSSR count). The van der Waals surface area contributed by atoms with Gasteiger partial charge in [-0.25, -0.2) is 0 Å². The van der Waals surface area contributed by atoms with E-state index >= 15 is 0 Å². The second kappa shape index (κ2) is 4.96. The summed E-state index contributed by atoms with van der Waals surface area (Å²) in [7, 11) is 0. The molecule has 17 heavy (non-hydrogen) atoms. The maximum Gasteiger partial charge on any atom is 0.0684 e. The van der Waals surface area contributed by atoms with Crippen molar-refractivity contribution in [2.75, 3.05) is 26.2 Å². The van der Waals surface area contributed by atoms with Gasteiger partial charge in [-0.2, -0.15) is 5.26 Å². The van der Waals surface area contributed by atoms with Crippen LogP contribution in [0.1, 0.15) is 40.0 Å². The van der Waals surface area contributed by atoms with E-state index in [0.29, 0.717) is 6.04 Å². The highest BCUT2D eigenvalue weighted by Gasteiger charge is 2.34. The molecule has 96 valence electrons. The number of hydrogen-bond donors (Lipinski definition) is 0. The molecule has 0 spiro atoms. The number of piperazine rings is 1. The van der Waals surface area contributed by atoms with Gasteiger partial charge in [-0.05, 0) is 46.6 Å². The zero-order valence-corrected chi connectivity index (χ0v) is 11.4. The van der Waals surface area contributed by atoms with Gasteiger partial charge < -0.3 is 0 Å². The van der Waals surface area contributed by atoms with Crippen LogP contribution in [-0.4, -0.2) is 48.1 Å². The summed E-state index contributed by atoms with van der Waals surface area (Å²) in [5.74, 6) is 0. The molecule has 0 amide bonds. The lowest BCUT2D eigenvalue weighted by Crippen LogP contribution is -2.55. The van der Waals surface area contributed by atoms with Crippen LogP contribution in [0, 0.1) is 16.7 Å². The summed E-state index contributed by atoms with van der Waals surface area (Å²) in [5, 5.41) is 9.06. The Balaban J connectivity index is 1.87. The van der Waals surface area contributed by atoms with Crippen molar-refractivity contribution >= 4 is 0 Å². The molecule has 2 aliphatic rings. The third kappa shape index (κ3) is 3.00. The largest absolute Gasteiger partial charge is 0.298 e. The lowest BCUT2D eigenvalue weighted by atomic mass is 9.90. The van der Waals surface area contributed by atoms with E-state index < -0.39 is 0 Å². The van der Waals surface area contributed by atoms with Crippen LogP contribution in [0.5, 0.6) is 0 Å². The second-order valence-electron chi connectivity index (χ2n) is 6.38. The average Bonchev–Trinajstić information content (AvgIpc) is 2.73. The third-order valence-corrected chi connectivity index (χ3v) is 4.39. The van der Waals surface area contributed by atoms with Crippen LogP contribution >= 0.6 is 0 Å². The van der Waals surface area contributed by atoms with E-state index in [9.17, 15) is 0 Å². The number of hydrogen-bond acceptors (Lipinski definition) is 3. The fourth-order valence-corrected chi connectivity index (χ4v) is 3.04. The Kier molecular flexibility index (Phi) is 3.75. The van der Waals surface area contributed by atoms with E-state index in [-0.39, 0.29) is 5.41 Å². The van der Waals surface area contributed by atoms with Crippen molar-refractivity contribution in [3.05, 3.63) is 0 Å². The van der Waals surface area contributed by atoms with Crippen molar-refractivity contribution in [2.24, 2.45) is 5.41 Å². The van der Waals surface area contributed by atoms with E-state index in [4.69, 9.17) is 5.26 Å². The molecule has 0 N–H and O–H groups in total. The van der Waals surface area contributed by atoms with E-state index in [1.165, 1.54) is 32.5 Å². The van der Waals surface area contributed by atoms with Gasteiger partial charge in [0.25, 0.3) is 0 Å². The summed E-state index contributed by atoms with van der Waals surface area (Å²) < 4.78 is 0.